The summed E-state index contributed by atoms with van der Waals surface area (Å²) in [6, 6.07) is 16.7. The minimum atomic E-state index is -0.558. The Labute approximate surface area is 192 Å². The first-order valence-electron chi connectivity index (χ1n) is 9.35. The zero-order valence-corrected chi connectivity index (χ0v) is 18.2. The van der Waals surface area contributed by atoms with Crippen molar-refractivity contribution in [2.45, 2.75) is 6.92 Å². The molecule has 4 rings (SSSR count). The van der Waals surface area contributed by atoms with Gasteiger partial charge in [-0.05, 0) is 55.5 Å². The molecule has 0 unspecified atom stereocenters. The van der Waals surface area contributed by atoms with Crippen LogP contribution in [0.3, 0.4) is 0 Å². The van der Waals surface area contributed by atoms with Gasteiger partial charge in [0.2, 0.25) is 5.89 Å². The van der Waals surface area contributed by atoms with Gasteiger partial charge in [0.05, 0.1) is 15.5 Å². The van der Waals surface area contributed by atoms with Gasteiger partial charge in [-0.15, -0.1) is 0 Å². The highest BCUT2D eigenvalue weighted by Gasteiger charge is 2.19. The van der Waals surface area contributed by atoms with E-state index in [2.05, 4.69) is 15.6 Å². The number of benzene rings is 3. The Balaban J connectivity index is 1.53. The van der Waals surface area contributed by atoms with Gasteiger partial charge < -0.3 is 9.73 Å². The van der Waals surface area contributed by atoms with E-state index >= 15 is 0 Å². The predicted octanol–water partition coefficient (Wildman–Crippen LogP) is 5.49. The van der Waals surface area contributed by atoms with Gasteiger partial charge in [-0.25, -0.2) is 4.98 Å². The third-order valence-corrected chi connectivity index (χ3v) is 5.26. The molecule has 0 bridgehead atoms. The van der Waals surface area contributed by atoms with E-state index < -0.39 is 10.8 Å². The Morgan fingerprint density at radius 3 is 2.69 bits per heavy atom. The maximum Gasteiger partial charge on any atom is 0.273 e. The first-order valence-corrected chi connectivity index (χ1v) is 10.1. The number of thiocarbonyl (C=S) groups is 1. The van der Waals surface area contributed by atoms with Gasteiger partial charge in [0.25, 0.3) is 11.6 Å². The molecule has 0 aliphatic carbocycles. The van der Waals surface area contributed by atoms with Crippen molar-refractivity contribution in [2.24, 2.45) is 0 Å². The van der Waals surface area contributed by atoms with Crippen LogP contribution in [0, 0.1) is 17.0 Å². The molecule has 3 aromatic carbocycles. The summed E-state index contributed by atoms with van der Waals surface area (Å²) >= 11 is 11.6. The molecule has 0 saturated heterocycles. The van der Waals surface area contributed by atoms with Gasteiger partial charge in [0.15, 0.2) is 10.7 Å². The van der Waals surface area contributed by atoms with Crippen LogP contribution in [0.2, 0.25) is 5.02 Å². The largest absolute Gasteiger partial charge is 0.436 e. The van der Waals surface area contributed by atoms with E-state index in [-0.39, 0.29) is 21.9 Å². The molecule has 8 nitrogen and oxygen atoms in total. The average molecular weight is 467 g/mol. The van der Waals surface area contributed by atoms with Gasteiger partial charge in [-0.2, -0.15) is 0 Å². The summed E-state index contributed by atoms with van der Waals surface area (Å²) in [5.74, 6) is -0.209. The minimum Gasteiger partial charge on any atom is -0.436 e. The second-order valence-corrected chi connectivity index (χ2v) is 7.61. The second kappa shape index (κ2) is 8.74. The number of carbonyl (C=O) groups is 1. The Hall–Kier alpha value is -3.82. The number of nitro benzene ring substituents is 1. The molecule has 0 spiro atoms. The maximum absolute atomic E-state index is 12.6. The van der Waals surface area contributed by atoms with E-state index in [1.165, 1.54) is 25.1 Å². The second-order valence-electron chi connectivity index (χ2n) is 6.80. The third-order valence-electron chi connectivity index (χ3n) is 4.72. The molecule has 0 radical (unpaired) electrons. The van der Waals surface area contributed by atoms with E-state index in [1.54, 1.807) is 18.2 Å². The molecule has 1 amide bonds. The minimum absolute atomic E-state index is 0.0201. The number of nitro groups is 1. The van der Waals surface area contributed by atoms with Crippen LogP contribution in [0.4, 0.5) is 11.4 Å². The Morgan fingerprint density at radius 2 is 1.94 bits per heavy atom. The normalized spacial score (nSPS) is 10.7. The third kappa shape index (κ3) is 4.29. The molecule has 0 aliphatic heterocycles. The number of nitrogens with zero attached hydrogens (tertiary/aromatic N) is 2. The van der Waals surface area contributed by atoms with Gasteiger partial charge in [-0.3, -0.25) is 20.2 Å². The van der Waals surface area contributed by atoms with Gasteiger partial charge in [-0.1, -0.05) is 29.8 Å². The monoisotopic (exact) mass is 466 g/mol. The van der Waals surface area contributed by atoms with Crippen molar-refractivity contribution in [3.8, 4) is 11.5 Å². The molecule has 4 aromatic rings. The van der Waals surface area contributed by atoms with Gasteiger partial charge in [0, 0.05) is 22.9 Å². The highest BCUT2D eigenvalue weighted by atomic mass is 35.5. The lowest BCUT2D eigenvalue weighted by atomic mass is 10.1. The molecular weight excluding hydrogens is 452 g/mol. The Bertz CT molecular complexity index is 1350. The SMILES string of the molecule is Cc1c(C(=O)NC(=S)Nc2ccc(Cl)c(-c3nc4ccccc4o3)c2)cccc1[N+](=O)[O-]. The number of hydrogen-bond acceptors (Lipinski definition) is 6. The number of para-hydroxylation sites is 2. The van der Waals surface area contributed by atoms with E-state index in [0.29, 0.717) is 33.3 Å². The van der Waals surface area contributed by atoms with E-state index in [1.807, 2.05) is 24.3 Å². The van der Waals surface area contributed by atoms with Crippen LogP contribution in [0.5, 0.6) is 0 Å². The van der Waals surface area contributed by atoms with Crippen molar-refractivity contribution in [1.82, 2.24) is 10.3 Å². The van der Waals surface area contributed by atoms with Gasteiger partial charge >= 0.3 is 0 Å². The van der Waals surface area contributed by atoms with Crippen molar-refractivity contribution in [1.29, 1.82) is 0 Å². The van der Waals surface area contributed by atoms with Crippen LogP contribution in [0.25, 0.3) is 22.6 Å². The maximum atomic E-state index is 12.6. The molecule has 0 aliphatic rings. The molecule has 0 fully saturated rings. The first-order chi connectivity index (χ1) is 15.3. The first kappa shape index (κ1) is 21.4. The highest BCUT2D eigenvalue weighted by molar-refractivity contribution is 7.80. The van der Waals surface area contributed by atoms with Crippen molar-refractivity contribution >= 4 is 57.3 Å². The predicted molar refractivity (Wildman–Crippen MR) is 126 cm³/mol. The fourth-order valence-corrected chi connectivity index (χ4v) is 3.56. The van der Waals surface area contributed by atoms with Crippen LogP contribution in [-0.2, 0) is 0 Å². The molecular formula is C22H15ClN4O4S. The van der Waals surface area contributed by atoms with Crippen LogP contribution in [0.15, 0.2) is 65.1 Å². The molecule has 160 valence electrons. The number of nitrogens with one attached hydrogen (secondary N) is 2. The zero-order chi connectivity index (χ0) is 22.8. The van der Waals surface area contributed by atoms with Crippen molar-refractivity contribution in [2.75, 3.05) is 5.32 Å². The molecule has 0 saturated carbocycles. The topological polar surface area (TPSA) is 110 Å². The molecule has 0 atom stereocenters. The standard InChI is InChI=1S/C22H15ClN4O4S/c1-12-14(5-4-7-18(12)27(29)30)20(28)26-22(32)24-13-9-10-16(23)15(11-13)21-25-17-6-2-3-8-19(17)31-21/h2-11H,1H3,(H2,24,26,28,32). The summed E-state index contributed by atoms with van der Waals surface area (Å²) in [6.45, 7) is 1.51. The fourth-order valence-electron chi connectivity index (χ4n) is 3.15. The molecule has 1 aromatic heterocycles. The van der Waals surface area contributed by atoms with Crippen molar-refractivity contribution < 1.29 is 14.1 Å². The van der Waals surface area contributed by atoms with E-state index in [4.69, 9.17) is 28.2 Å². The van der Waals surface area contributed by atoms with Crippen LogP contribution >= 0.6 is 23.8 Å². The van der Waals surface area contributed by atoms with E-state index in [9.17, 15) is 14.9 Å². The van der Waals surface area contributed by atoms with Gasteiger partial charge in [0.1, 0.15) is 5.52 Å². The number of anilines is 1. The number of oxazole rings is 1. The summed E-state index contributed by atoms with van der Waals surface area (Å²) in [4.78, 5) is 27.6. The summed E-state index contributed by atoms with van der Waals surface area (Å²) in [5.41, 5.74) is 2.70. The fraction of sp³-hybridized carbons (Fsp3) is 0.0455. The Kier molecular flexibility index (Phi) is 5.85. The lowest BCUT2D eigenvalue weighted by Crippen LogP contribution is -2.34. The summed E-state index contributed by atoms with van der Waals surface area (Å²) in [7, 11) is 0. The van der Waals surface area contributed by atoms with Crippen LogP contribution in [-0.4, -0.2) is 20.9 Å². The number of hydrogen-bond donors (Lipinski definition) is 2. The summed E-state index contributed by atoms with van der Waals surface area (Å²) < 4.78 is 5.78. The summed E-state index contributed by atoms with van der Waals surface area (Å²) in [6.07, 6.45) is 0. The molecule has 1 heterocycles. The summed E-state index contributed by atoms with van der Waals surface area (Å²) in [5, 5.41) is 17.0. The zero-order valence-electron chi connectivity index (χ0n) is 16.6. The lowest BCUT2D eigenvalue weighted by molar-refractivity contribution is -0.385. The van der Waals surface area contributed by atoms with Crippen LogP contribution < -0.4 is 10.6 Å². The van der Waals surface area contributed by atoms with E-state index in [0.717, 1.165) is 0 Å². The average Bonchev–Trinajstić information content (AvgIpc) is 3.19. The van der Waals surface area contributed by atoms with Crippen LogP contribution in [0.1, 0.15) is 15.9 Å². The number of aromatic nitrogens is 1. The number of carbonyl (C=O) groups excluding carboxylic acids is 1. The molecule has 32 heavy (non-hydrogen) atoms. The molecule has 2 N–H and O–H groups in total. The quantitative estimate of drug-likeness (QED) is 0.232. The Morgan fingerprint density at radius 1 is 1.16 bits per heavy atom. The number of fused-ring (bicyclic) bond motifs is 1. The van der Waals surface area contributed by atoms with Crippen molar-refractivity contribution in [3.63, 3.8) is 0 Å². The highest BCUT2D eigenvalue weighted by Crippen LogP contribution is 2.32. The lowest BCUT2D eigenvalue weighted by Gasteiger charge is -2.12. The number of amides is 1. The molecule has 10 heteroatoms. The van der Waals surface area contributed by atoms with Crippen molar-refractivity contribution in [3.05, 3.63) is 86.9 Å². The number of halogens is 1. The smallest absolute Gasteiger partial charge is 0.273 e. The number of rotatable bonds is 4.